The highest BCUT2D eigenvalue weighted by Gasteiger charge is 2.14. The van der Waals surface area contributed by atoms with Gasteiger partial charge in [0.25, 0.3) is 0 Å². The van der Waals surface area contributed by atoms with Crippen molar-refractivity contribution in [2.75, 3.05) is 27.8 Å². The van der Waals surface area contributed by atoms with Gasteiger partial charge in [-0.05, 0) is 59.4 Å². The van der Waals surface area contributed by atoms with Crippen molar-refractivity contribution < 1.29 is 18.9 Å². The lowest BCUT2D eigenvalue weighted by molar-refractivity contribution is 0.0500. The minimum Gasteiger partial charge on any atom is -0.467 e. The minimum absolute atomic E-state index is 0.161. The number of hydrogen-bond donors (Lipinski definition) is 0. The van der Waals surface area contributed by atoms with Gasteiger partial charge in [-0.15, -0.1) is 0 Å². The van der Waals surface area contributed by atoms with Gasteiger partial charge in [0.2, 0.25) is 0 Å². The third kappa shape index (κ3) is 7.94. The lowest BCUT2D eigenvalue weighted by Gasteiger charge is -2.17. The average molecular weight is 507 g/mol. The van der Waals surface area contributed by atoms with Gasteiger partial charge >= 0.3 is 0 Å². The molecule has 0 aromatic heterocycles. The van der Waals surface area contributed by atoms with E-state index in [0.29, 0.717) is 0 Å². The zero-order valence-electron chi connectivity index (χ0n) is 22.0. The Morgan fingerprint density at radius 2 is 0.947 bits per heavy atom. The third-order valence-corrected chi connectivity index (χ3v) is 5.97. The third-order valence-electron chi connectivity index (χ3n) is 5.97. The summed E-state index contributed by atoms with van der Waals surface area (Å²) < 4.78 is 22.3. The van der Waals surface area contributed by atoms with Crippen LogP contribution in [0.2, 0.25) is 0 Å². The van der Waals surface area contributed by atoms with E-state index in [0.717, 1.165) is 35.5 Å². The van der Waals surface area contributed by atoms with Crippen molar-refractivity contribution in [1.82, 2.24) is 0 Å². The first kappa shape index (κ1) is 26.9. The molecule has 38 heavy (non-hydrogen) atoms. The maximum absolute atomic E-state index is 5.97. The predicted octanol–water partition coefficient (Wildman–Crippen LogP) is 7.83. The summed E-state index contributed by atoms with van der Waals surface area (Å²) in [5.41, 5.74) is 6.60. The average Bonchev–Trinajstić information content (AvgIpc) is 2.97. The Morgan fingerprint density at radius 1 is 0.526 bits per heavy atom. The van der Waals surface area contributed by atoms with Crippen LogP contribution in [0.5, 0.6) is 11.5 Å². The van der Waals surface area contributed by atoms with Crippen molar-refractivity contribution in [3.63, 3.8) is 0 Å². The van der Waals surface area contributed by atoms with E-state index in [1.807, 2.05) is 48.5 Å². The van der Waals surface area contributed by atoms with E-state index in [1.165, 1.54) is 22.3 Å². The molecule has 0 unspecified atom stereocenters. The second-order valence-corrected chi connectivity index (χ2v) is 8.80. The zero-order valence-corrected chi connectivity index (χ0v) is 22.0. The highest BCUT2D eigenvalue weighted by Crippen LogP contribution is 2.38. The van der Waals surface area contributed by atoms with Crippen molar-refractivity contribution in [3.8, 4) is 22.6 Å². The maximum Gasteiger partial charge on any atom is 0.188 e. The topological polar surface area (TPSA) is 36.9 Å². The normalized spacial score (nSPS) is 11.3. The fraction of sp³-hybridized carbons (Fsp3) is 0.176. The number of ether oxygens (including phenoxy) is 4. The van der Waals surface area contributed by atoms with E-state index in [1.54, 1.807) is 14.2 Å². The van der Waals surface area contributed by atoms with Crippen molar-refractivity contribution in [3.05, 3.63) is 131 Å². The fourth-order valence-corrected chi connectivity index (χ4v) is 4.12. The SMILES string of the molecule is COCOc1ccc(CC=Cc2ccccc2)cc1-c1cc(CC=Cc2ccccc2)ccc1OCOC. The molecule has 0 fully saturated rings. The number of allylic oxidation sites excluding steroid dienone is 2. The number of methoxy groups -OCH3 is 2. The molecule has 4 nitrogen and oxygen atoms in total. The molecule has 0 atom stereocenters. The highest BCUT2D eigenvalue weighted by atomic mass is 16.7. The van der Waals surface area contributed by atoms with Crippen LogP contribution in [0.25, 0.3) is 23.3 Å². The molecule has 0 spiro atoms. The number of benzene rings is 4. The molecule has 0 saturated heterocycles. The first-order valence-electron chi connectivity index (χ1n) is 12.7. The Hall–Kier alpha value is -4.12. The molecular formula is C34H34O4. The Morgan fingerprint density at radius 3 is 1.34 bits per heavy atom. The lowest BCUT2D eigenvalue weighted by Crippen LogP contribution is -2.03. The molecule has 194 valence electrons. The Balaban J connectivity index is 1.65. The highest BCUT2D eigenvalue weighted by molar-refractivity contribution is 5.77. The molecule has 0 N–H and O–H groups in total. The summed E-state index contributed by atoms with van der Waals surface area (Å²) >= 11 is 0. The van der Waals surface area contributed by atoms with E-state index in [2.05, 4.69) is 72.8 Å². The van der Waals surface area contributed by atoms with Crippen LogP contribution in [0.15, 0.2) is 109 Å². The molecule has 0 radical (unpaired) electrons. The van der Waals surface area contributed by atoms with Crippen LogP contribution >= 0.6 is 0 Å². The van der Waals surface area contributed by atoms with Crippen LogP contribution in [0, 0.1) is 0 Å². The molecule has 0 heterocycles. The summed E-state index contributed by atoms with van der Waals surface area (Å²) in [7, 11) is 3.24. The Labute approximate surface area is 225 Å². The maximum atomic E-state index is 5.97. The van der Waals surface area contributed by atoms with Crippen molar-refractivity contribution in [1.29, 1.82) is 0 Å². The summed E-state index contributed by atoms with van der Waals surface area (Å²) in [6, 6.07) is 33.1. The molecule has 4 heteroatoms. The van der Waals surface area contributed by atoms with Crippen molar-refractivity contribution in [2.45, 2.75) is 12.8 Å². The van der Waals surface area contributed by atoms with Crippen molar-refractivity contribution >= 4 is 12.2 Å². The van der Waals surface area contributed by atoms with Crippen LogP contribution in [0.4, 0.5) is 0 Å². The van der Waals surface area contributed by atoms with E-state index in [-0.39, 0.29) is 13.6 Å². The molecule has 0 amide bonds. The molecular weight excluding hydrogens is 472 g/mol. The molecule has 0 aliphatic rings. The molecule has 4 aromatic rings. The van der Waals surface area contributed by atoms with Crippen LogP contribution in [-0.2, 0) is 22.3 Å². The van der Waals surface area contributed by atoms with E-state index in [9.17, 15) is 0 Å². The standard InChI is InChI=1S/C34H34O4/c1-35-25-37-33-21-19-29(17-9-15-27-11-5-3-6-12-27)23-31(33)32-24-30(20-22-34(32)38-26-36-2)18-10-16-28-13-7-4-8-14-28/h3-16,19-24H,17-18,25-26H2,1-2H3. The molecule has 0 saturated carbocycles. The van der Waals surface area contributed by atoms with Gasteiger partial charge in [0.1, 0.15) is 11.5 Å². The molecule has 4 rings (SSSR count). The monoisotopic (exact) mass is 506 g/mol. The van der Waals surface area contributed by atoms with Crippen molar-refractivity contribution in [2.24, 2.45) is 0 Å². The van der Waals surface area contributed by atoms with Crippen LogP contribution < -0.4 is 9.47 Å². The van der Waals surface area contributed by atoms with Gasteiger partial charge in [0.15, 0.2) is 13.6 Å². The van der Waals surface area contributed by atoms with Gasteiger partial charge in [-0.2, -0.15) is 0 Å². The summed E-state index contributed by atoms with van der Waals surface area (Å²) in [6.07, 6.45) is 10.2. The van der Waals surface area contributed by atoms with Gasteiger partial charge in [0.05, 0.1) is 0 Å². The predicted molar refractivity (Wildman–Crippen MR) is 155 cm³/mol. The van der Waals surface area contributed by atoms with E-state index >= 15 is 0 Å². The molecule has 0 bridgehead atoms. The van der Waals surface area contributed by atoms with Crippen LogP contribution in [-0.4, -0.2) is 27.8 Å². The summed E-state index contributed by atoms with van der Waals surface area (Å²) in [4.78, 5) is 0. The van der Waals surface area contributed by atoms with Crippen LogP contribution in [0.3, 0.4) is 0 Å². The Kier molecular flexibility index (Phi) is 10.3. The fourth-order valence-electron chi connectivity index (χ4n) is 4.12. The second kappa shape index (κ2) is 14.6. The van der Waals surface area contributed by atoms with Gasteiger partial charge < -0.3 is 18.9 Å². The molecule has 4 aromatic carbocycles. The van der Waals surface area contributed by atoms with E-state index < -0.39 is 0 Å². The van der Waals surface area contributed by atoms with Gasteiger partial charge in [-0.3, -0.25) is 0 Å². The number of rotatable bonds is 13. The van der Waals surface area contributed by atoms with E-state index in [4.69, 9.17) is 18.9 Å². The first-order chi connectivity index (χ1) is 18.8. The minimum atomic E-state index is 0.161. The van der Waals surface area contributed by atoms with Gasteiger partial charge in [-0.25, -0.2) is 0 Å². The van der Waals surface area contributed by atoms with Gasteiger partial charge in [-0.1, -0.05) is 97.1 Å². The largest absolute Gasteiger partial charge is 0.467 e. The molecule has 0 aliphatic carbocycles. The Bertz CT molecular complexity index is 1220. The summed E-state index contributed by atoms with van der Waals surface area (Å²) in [6.45, 7) is 0.321. The second-order valence-electron chi connectivity index (χ2n) is 8.80. The van der Waals surface area contributed by atoms with Crippen LogP contribution in [0.1, 0.15) is 22.3 Å². The summed E-state index contributed by atoms with van der Waals surface area (Å²) in [5, 5.41) is 0. The smallest absolute Gasteiger partial charge is 0.188 e. The lowest BCUT2D eigenvalue weighted by atomic mass is 9.96. The quantitative estimate of drug-likeness (QED) is 0.173. The zero-order chi connectivity index (χ0) is 26.4. The number of hydrogen-bond acceptors (Lipinski definition) is 4. The first-order valence-corrected chi connectivity index (χ1v) is 12.7. The molecule has 0 aliphatic heterocycles. The summed E-state index contributed by atoms with van der Waals surface area (Å²) in [5.74, 6) is 1.48. The van der Waals surface area contributed by atoms with Gasteiger partial charge in [0, 0.05) is 25.3 Å².